The molecule has 0 heterocycles. The van der Waals surface area contributed by atoms with Gasteiger partial charge in [0, 0.05) is 10.6 Å². The van der Waals surface area contributed by atoms with Gasteiger partial charge in [-0.1, -0.05) is 74.0 Å². The molecule has 3 heteroatoms. The maximum absolute atomic E-state index is 6.38. The number of hydrogen-bond acceptors (Lipinski definition) is 2. The van der Waals surface area contributed by atoms with Crippen LogP contribution in [0, 0.1) is 0 Å². The van der Waals surface area contributed by atoms with E-state index in [9.17, 15) is 0 Å². The Morgan fingerprint density at radius 2 is 1.20 bits per heavy atom. The highest BCUT2D eigenvalue weighted by Crippen LogP contribution is 2.36. The van der Waals surface area contributed by atoms with Gasteiger partial charge in [0.05, 0.1) is 6.61 Å². The molecule has 0 fully saturated rings. The molecule has 0 spiro atoms. The van der Waals surface area contributed by atoms with Gasteiger partial charge in [-0.15, -0.1) is 0 Å². The van der Waals surface area contributed by atoms with Crippen LogP contribution in [0.15, 0.2) is 84.9 Å². The molecule has 0 bridgehead atoms. The summed E-state index contributed by atoms with van der Waals surface area (Å²) >= 11 is 0. The SMILES string of the molecule is CCCCOc1ccc(OP(c2ccccc2)c2ccccc2)cc1. The molecule has 0 amide bonds. The summed E-state index contributed by atoms with van der Waals surface area (Å²) in [6.45, 7) is 2.92. The molecule has 25 heavy (non-hydrogen) atoms. The molecular weight excluding hydrogens is 327 g/mol. The van der Waals surface area contributed by atoms with Gasteiger partial charge in [0.1, 0.15) is 11.5 Å². The minimum absolute atomic E-state index is 0.761. The lowest BCUT2D eigenvalue weighted by molar-refractivity contribution is 0.309. The van der Waals surface area contributed by atoms with Crippen molar-refractivity contribution in [1.29, 1.82) is 0 Å². The molecule has 0 aliphatic carbocycles. The van der Waals surface area contributed by atoms with E-state index in [2.05, 4.69) is 55.5 Å². The Morgan fingerprint density at radius 3 is 1.72 bits per heavy atom. The molecule has 3 aromatic carbocycles. The van der Waals surface area contributed by atoms with Crippen LogP contribution < -0.4 is 19.9 Å². The predicted molar refractivity (Wildman–Crippen MR) is 107 cm³/mol. The Labute approximate surface area is 151 Å². The minimum Gasteiger partial charge on any atom is -0.494 e. The van der Waals surface area contributed by atoms with Crippen LogP contribution in [0.3, 0.4) is 0 Å². The summed E-state index contributed by atoms with van der Waals surface area (Å²) in [5, 5.41) is 2.40. The van der Waals surface area contributed by atoms with Crippen molar-refractivity contribution in [3.63, 3.8) is 0 Å². The summed E-state index contributed by atoms with van der Waals surface area (Å²) in [6, 6.07) is 28.7. The van der Waals surface area contributed by atoms with Crippen molar-refractivity contribution in [2.45, 2.75) is 19.8 Å². The first-order valence-electron chi connectivity index (χ1n) is 8.68. The molecule has 0 N–H and O–H groups in total. The smallest absolute Gasteiger partial charge is 0.150 e. The molecule has 0 saturated carbocycles. The maximum Gasteiger partial charge on any atom is 0.150 e. The predicted octanol–water partition coefficient (Wildman–Crippen LogP) is 5.29. The lowest BCUT2D eigenvalue weighted by Crippen LogP contribution is -2.15. The summed E-state index contributed by atoms with van der Waals surface area (Å²) in [5.41, 5.74) is 0. The van der Waals surface area contributed by atoms with E-state index < -0.39 is 8.15 Å². The second-order valence-electron chi connectivity index (χ2n) is 5.73. The van der Waals surface area contributed by atoms with Crippen LogP contribution in [0.25, 0.3) is 0 Å². The normalized spacial score (nSPS) is 10.6. The molecule has 0 atom stereocenters. The van der Waals surface area contributed by atoms with Crippen LogP contribution >= 0.6 is 8.15 Å². The topological polar surface area (TPSA) is 18.5 Å². The van der Waals surface area contributed by atoms with Crippen LogP contribution in [0.4, 0.5) is 0 Å². The van der Waals surface area contributed by atoms with Crippen molar-refractivity contribution in [3.05, 3.63) is 84.9 Å². The van der Waals surface area contributed by atoms with Crippen molar-refractivity contribution in [3.8, 4) is 11.5 Å². The van der Waals surface area contributed by atoms with E-state index in [1.54, 1.807) is 0 Å². The summed E-state index contributed by atoms with van der Waals surface area (Å²) in [6.07, 6.45) is 2.21. The van der Waals surface area contributed by atoms with E-state index in [1.807, 2.05) is 36.4 Å². The standard InChI is InChI=1S/C22H23O2P/c1-2-3-18-23-19-14-16-20(17-15-19)24-25(21-10-6-4-7-11-21)22-12-8-5-9-13-22/h4-17H,2-3,18H2,1H3. The Morgan fingerprint density at radius 1 is 0.680 bits per heavy atom. The van der Waals surface area contributed by atoms with Gasteiger partial charge in [-0.2, -0.15) is 0 Å². The molecule has 0 aliphatic rings. The van der Waals surface area contributed by atoms with Crippen molar-refractivity contribution >= 4 is 18.8 Å². The second kappa shape index (κ2) is 9.25. The van der Waals surface area contributed by atoms with E-state index in [1.165, 1.54) is 10.6 Å². The molecule has 3 rings (SSSR count). The summed E-state index contributed by atoms with van der Waals surface area (Å²) < 4.78 is 12.1. The summed E-state index contributed by atoms with van der Waals surface area (Å²) in [4.78, 5) is 0. The fourth-order valence-corrected chi connectivity index (χ4v) is 4.15. The highest BCUT2D eigenvalue weighted by Gasteiger charge is 2.16. The minimum atomic E-state index is -0.891. The third-order valence-electron chi connectivity index (χ3n) is 3.77. The molecule has 128 valence electrons. The summed E-state index contributed by atoms with van der Waals surface area (Å²) in [5.74, 6) is 1.76. The number of unbranched alkanes of at least 4 members (excludes halogenated alkanes) is 1. The van der Waals surface area contributed by atoms with Crippen LogP contribution in [-0.2, 0) is 0 Å². The van der Waals surface area contributed by atoms with Gasteiger partial charge < -0.3 is 9.26 Å². The first kappa shape index (κ1) is 17.5. The second-order valence-corrected chi connectivity index (χ2v) is 7.53. The van der Waals surface area contributed by atoms with Gasteiger partial charge in [0.15, 0.2) is 8.15 Å². The molecular formula is C22H23O2P. The zero-order chi connectivity index (χ0) is 17.3. The van der Waals surface area contributed by atoms with E-state index in [0.717, 1.165) is 30.9 Å². The van der Waals surface area contributed by atoms with Gasteiger partial charge in [0.25, 0.3) is 0 Å². The number of benzene rings is 3. The molecule has 0 aliphatic heterocycles. The van der Waals surface area contributed by atoms with E-state index in [0.29, 0.717) is 0 Å². The monoisotopic (exact) mass is 350 g/mol. The zero-order valence-corrected chi connectivity index (χ0v) is 15.4. The first-order chi connectivity index (χ1) is 12.4. The Hall–Kier alpha value is -2.31. The van der Waals surface area contributed by atoms with Gasteiger partial charge in [0.2, 0.25) is 0 Å². The third kappa shape index (κ3) is 5.08. The Bertz CT molecular complexity index is 703. The van der Waals surface area contributed by atoms with Crippen LogP contribution in [0.2, 0.25) is 0 Å². The largest absolute Gasteiger partial charge is 0.494 e. The zero-order valence-electron chi connectivity index (χ0n) is 14.5. The highest BCUT2D eigenvalue weighted by atomic mass is 31.1. The van der Waals surface area contributed by atoms with Crippen molar-refractivity contribution in [2.75, 3.05) is 6.61 Å². The number of ether oxygens (including phenoxy) is 1. The fraction of sp³-hybridized carbons (Fsp3) is 0.182. The van der Waals surface area contributed by atoms with Crippen LogP contribution in [0.5, 0.6) is 11.5 Å². The average molecular weight is 350 g/mol. The van der Waals surface area contributed by atoms with E-state index in [4.69, 9.17) is 9.26 Å². The third-order valence-corrected chi connectivity index (χ3v) is 5.70. The Kier molecular flexibility index (Phi) is 6.48. The highest BCUT2D eigenvalue weighted by molar-refractivity contribution is 7.68. The maximum atomic E-state index is 6.38. The molecule has 0 unspecified atom stereocenters. The molecule has 3 aromatic rings. The quantitative estimate of drug-likeness (QED) is 0.406. The van der Waals surface area contributed by atoms with Crippen molar-refractivity contribution in [2.24, 2.45) is 0 Å². The summed E-state index contributed by atoms with van der Waals surface area (Å²) in [7, 11) is -0.891. The average Bonchev–Trinajstić information content (AvgIpc) is 2.69. The molecule has 0 saturated heterocycles. The van der Waals surface area contributed by atoms with Crippen molar-refractivity contribution < 1.29 is 9.26 Å². The number of hydrogen-bond donors (Lipinski definition) is 0. The van der Waals surface area contributed by atoms with Crippen molar-refractivity contribution in [1.82, 2.24) is 0 Å². The van der Waals surface area contributed by atoms with E-state index in [-0.39, 0.29) is 0 Å². The molecule has 0 radical (unpaired) electrons. The number of rotatable bonds is 8. The van der Waals surface area contributed by atoms with E-state index >= 15 is 0 Å². The Balaban J connectivity index is 1.77. The first-order valence-corrected chi connectivity index (χ1v) is 9.94. The van der Waals surface area contributed by atoms with Crippen LogP contribution in [-0.4, -0.2) is 6.61 Å². The fourth-order valence-electron chi connectivity index (χ4n) is 2.42. The van der Waals surface area contributed by atoms with Crippen LogP contribution in [0.1, 0.15) is 19.8 Å². The van der Waals surface area contributed by atoms with Gasteiger partial charge in [-0.3, -0.25) is 0 Å². The lowest BCUT2D eigenvalue weighted by Gasteiger charge is -2.19. The van der Waals surface area contributed by atoms with Gasteiger partial charge in [-0.25, -0.2) is 0 Å². The van der Waals surface area contributed by atoms with Gasteiger partial charge in [-0.05, 0) is 30.7 Å². The van der Waals surface area contributed by atoms with Gasteiger partial charge >= 0.3 is 0 Å². The molecule has 2 nitrogen and oxygen atoms in total. The lowest BCUT2D eigenvalue weighted by atomic mass is 10.3. The molecule has 0 aromatic heterocycles.